The predicted molar refractivity (Wildman–Crippen MR) is 128 cm³/mol. The number of benzene rings is 3. The Kier molecular flexibility index (Phi) is 6.69. The summed E-state index contributed by atoms with van der Waals surface area (Å²) in [5.74, 6) is -0.122. The second kappa shape index (κ2) is 9.84. The predicted octanol–water partition coefficient (Wildman–Crippen LogP) is 3.25. The Morgan fingerprint density at radius 3 is 2.56 bits per heavy atom. The van der Waals surface area contributed by atoms with E-state index in [1.165, 1.54) is 23.1 Å². The van der Waals surface area contributed by atoms with Crippen molar-refractivity contribution in [3.8, 4) is 11.5 Å². The van der Waals surface area contributed by atoms with E-state index in [2.05, 4.69) is 10.0 Å². The number of hydrogen-bond acceptors (Lipinski definition) is 6. The first kappa shape index (κ1) is 23.1. The fraction of sp³-hybridized carbons (Fsp3) is 0.167. The zero-order chi connectivity index (χ0) is 24.1. The number of hydrogen-bond donors (Lipinski definition) is 2. The lowest BCUT2D eigenvalue weighted by Crippen LogP contribution is -2.43. The number of fused-ring (bicyclic) bond motifs is 1. The summed E-state index contributed by atoms with van der Waals surface area (Å²) >= 11 is 0. The summed E-state index contributed by atoms with van der Waals surface area (Å²) in [6, 6.07) is 19.6. The summed E-state index contributed by atoms with van der Waals surface area (Å²) in [4.78, 5) is 26.5. The molecule has 176 valence electrons. The van der Waals surface area contributed by atoms with Crippen LogP contribution in [0.15, 0.2) is 77.7 Å². The van der Waals surface area contributed by atoms with Gasteiger partial charge in [-0.2, -0.15) is 0 Å². The molecule has 1 aliphatic rings. The van der Waals surface area contributed by atoms with Crippen LogP contribution in [0.25, 0.3) is 0 Å². The molecule has 9 nitrogen and oxygen atoms in total. The maximum atomic E-state index is 12.9. The highest BCUT2D eigenvalue weighted by atomic mass is 32.2. The van der Waals surface area contributed by atoms with E-state index in [9.17, 15) is 18.0 Å². The van der Waals surface area contributed by atoms with E-state index in [-0.39, 0.29) is 23.7 Å². The molecule has 1 aliphatic heterocycles. The van der Waals surface area contributed by atoms with Crippen LogP contribution in [-0.4, -0.2) is 40.0 Å². The normalized spacial score (nSPS) is 13.0. The van der Waals surface area contributed by atoms with Gasteiger partial charge in [0, 0.05) is 5.69 Å². The molecule has 2 amide bonds. The quantitative estimate of drug-likeness (QED) is 0.511. The first-order valence-corrected chi connectivity index (χ1v) is 12.0. The highest BCUT2D eigenvalue weighted by Gasteiger charge is 2.29. The first-order chi connectivity index (χ1) is 16.4. The molecule has 0 saturated heterocycles. The molecular weight excluding hydrogens is 458 g/mol. The summed E-state index contributed by atoms with van der Waals surface area (Å²) in [7, 11) is -3.94. The van der Waals surface area contributed by atoms with Crippen molar-refractivity contribution in [2.24, 2.45) is 0 Å². The second-order valence-corrected chi connectivity index (χ2v) is 9.03. The van der Waals surface area contributed by atoms with E-state index in [0.29, 0.717) is 29.5 Å². The Morgan fingerprint density at radius 2 is 1.79 bits per heavy atom. The van der Waals surface area contributed by atoms with Crippen molar-refractivity contribution >= 4 is 38.9 Å². The van der Waals surface area contributed by atoms with Crippen LogP contribution in [0.5, 0.6) is 11.5 Å². The van der Waals surface area contributed by atoms with Crippen molar-refractivity contribution in [2.75, 3.05) is 34.7 Å². The van der Waals surface area contributed by atoms with Gasteiger partial charge in [0.25, 0.3) is 15.9 Å². The van der Waals surface area contributed by atoms with Gasteiger partial charge in [0.05, 0.1) is 22.9 Å². The number of amides is 2. The van der Waals surface area contributed by atoms with Crippen LogP contribution < -0.4 is 24.4 Å². The number of sulfonamides is 1. The molecule has 0 saturated carbocycles. The molecule has 0 fully saturated rings. The monoisotopic (exact) mass is 481 g/mol. The average Bonchev–Trinajstić information content (AvgIpc) is 2.82. The van der Waals surface area contributed by atoms with Gasteiger partial charge in [-0.05, 0) is 49.4 Å². The Morgan fingerprint density at radius 1 is 1.06 bits per heavy atom. The number of nitrogens with zero attached hydrogens (tertiary/aromatic N) is 1. The lowest BCUT2D eigenvalue weighted by molar-refractivity contribution is -0.123. The van der Waals surface area contributed by atoms with Crippen LogP contribution in [0.4, 0.5) is 17.1 Å². The van der Waals surface area contributed by atoms with Gasteiger partial charge in [-0.15, -0.1) is 0 Å². The van der Waals surface area contributed by atoms with Crippen molar-refractivity contribution in [1.82, 2.24) is 0 Å². The highest BCUT2D eigenvalue weighted by molar-refractivity contribution is 7.92. The van der Waals surface area contributed by atoms with Gasteiger partial charge in [0.2, 0.25) is 5.91 Å². The van der Waals surface area contributed by atoms with Crippen molar-refractivity contribution in [3.05, 3.63) is 72.8 Å². The minimum absolute atomic E-state index is 0.0690. The van der Waals surface area contributed by atoms with Gasteiger partial charge in [-0.1, -0.05) is 30.3 Å². The lowest BCUT2D eigenvalue weighted by Gasteiger charge is -2.29. The molecule has 34 heavy (non-hydrogen) atoms. The third kappa shape index (κ3) is 5.12. The van der Waals surface area contributed by atoms with Crippen molar-refractivity contribution < 1.29 is 27.5 Å². The number of rotatable bonds is 8. The molecule has 0 radical (unpaired) electrons. The van der Waals surface area contributed by atoms with Crippen LogP contribution in [0.3, 0.4) is 0 Å². The zero-order valence-electron chi connectivity index (χ0n) is 18.4. The highest BCUT2D eigenvalue weighted by Crippen LogP contribution is 2.35. The molecular formula is C24H23N3O6S. The maximum Gasteiger partial charge on any atom is 0.265 e. The number of ether oxygens (including phenoxy) is 2. The minimum atomic E-state index is -3.94. The summed E-state index contributed by atoms with van der Waals surface area (Å²) in [5, 5.41) is 2.74. The molecule has 0 bridgehead atoms. The molecule has 3 aromatic rings. The van der Waals surface area contributed by atoms with Crippen molar-refractivity contribution in [3.63, 3.8) is 0 Å². The minimum Gasteiger partial charge on any atom is -0.492 e. The third-order valence-corrected chi connectivity index (χ3v) is 6.35. The molecule has 1 heterocycles. The topological polar surface area (TPSA) is 114 Å². The Labute approximate surface area is 197 Å². The standard InChI is InChI=1S/C24H23N3O6S/c1-2-32-21-11-7-6-10-19(21)25-23(28)15-27-20-14-18(12-13-22(20)33-16-24(27)29)34(30,31)26-17-8-4-3-5-9-17/h3-14,26H,2,15-16H2,1H3,(H,25,28). The Balaban J connectivity index is 1.58. The Hall–Kier alpha value is -4.05. The molecule has 0 aromatic heterocycles. The molecule has 0 spiro atoms. The second-order valence-electron chi connectivity index (χ2n) is 7.35. The van der Waals surface area contributed by atoms with Gasteiger partial charge >= 0.3 is 0 Å². The van der Waals surface area contributed by atoms with Crippen LogP contribution in [0.2, 0.25) is 0 Å². The van der Waals surface area contributed by atoms with Crippen LogP contribution in [-0.2, 0) is 19.6 Å². The molecule has 3 aromatic carbocycles. The number of anilines is 3. The molecule has 0 aliphatic carbocycles. The van der Waals surface area contributed by atoms with E-state index in [1.807, 2.05) is 6.92 Å². The van der Waals surface area contributed by atoms with E-state index >= 15 is 0 Å². The largest absolute Gasteiger partial charge is 0.492 e. The van der Waals surface area contributed by atoms with Crippen molar-refractivity contribution in [1.29, 1.82) is 0 Å². The van der Waals surface area contributed by atoms with Crippen LogP contribution >= 0.6 is 0 Å². The fourth-order valence-corrected chi connectivity index (χ4v) is 4.51. The third-order valence-electron chi connectivity index (χ3n) is 4.97. The smallest absolute Gasteiger partial charge is 0.265 e. The van der Waals surface area contributed by atoms with Gasteiger partial charge in [-0.25, -0.2) is 8.42 Å². The Bertz CT molecular complexity index is 1310. The zero-order valence-corrected chi connectivity index (χ0v) is 19.2. The van der Waals surface area contributed by atoms with Gasteiger partial charge < -0.3 is 14.8 Å². The van der Waals surface area contributed by atoms with E-state index in [4.69, 9.17) is 9.47 Å². The summed E-state index contributed by atoms with van der Waals surface area (Å²) in [6.45, 7) is 1.67. The van der Waals surface area contributed by atoms with E-state index in [1.54, 1.807) is 54.6 Å². The van der Waals surface area contributed by atoms with E-state index < -0.39 is 21.8 Å². The number of nitrogens with one attached hydrogen (secondary N) is 2. The van der Waals surface area contributed by atoms with Crippen LogP contribution in [0, 0.1) is 0 Å². The SMILES string of the molecule is CCOc1ccccc1NC(=O)CN1C(=O)COc2ccc(S(=O)(=O)Nc3ccccc3)cc21. The summed E-state index contributed by atoms with van der Waals surface area (Å²) in [5.41, 5.74) is 1.07. The van der Waals surface area contributed by atoms with Gasteiger partial charge in [0.1, 0.15) is 18.0 Å². The average molecular weight is 482 g/mol. The maximum absolute atomic E-state index is 12.9. The van der Waals surface area contributed by atoms with Crippen LogP contribution in [0.1, 0.15) is 6.92 Å². The molecule has 0 atom stereocenters. The lowest BCUT2D eigenvalue weighted by atomic mass is 10.2. The van der Waals surface area contributed by atoms with E-state index in [0.717, 1.165) is 0 Å². The molecule has 0 unspecified atom stereocenters. The van der Waals surface area contributed by atoms with Crippen molar-refractivity contribution in [2.45, 2.75) is 11.8 Å². The molecule has 2 N–H and O–H groups in total. The molecule has 10 heteroatoms. The molecule has 4 rings (SSSR count). The van der Waals surface area contributed by atoms with Gasteiger partial charge in [0.15, 0.2) is 6.61 Å². The number of carbonyl (C=O) groups excluding carboxylic acids is 2. The van der Waals surface area contributed by atoms with Gasteiger partial charge in [-0.3, -0.25) is 19.2 Å². The number of para-hydroxylation sites is 3. The number of carbonyl (C=O) groups is 2. The summed E-state index contributed by atoms with van der Waals surface area (Å²) < 4.78 is 39.2. The fourth-order valence-electron chi connectivity index (χ4n) is 3.43. The summed E-state index contributed by atoms with van der Waals surface area (Å²) in [6.07, 6.45) is 0. The first-order valence-electron chi connectivity index (χ1n) is 10.5.